The first kappa shape index (κ1) is 17.3. The van der Waals surface area contributed by atoms with Crippen LogP contribution in [0.4, 0.5) is 4.79 Å². The molecule has 134 valence electrons. The minimum Gasteiger partial charge on any atom is -0.444 e. The third-order valence-corrected chi connectivity index (χ3v) is 4.41. The highest BCUT2D eigenvalue weighted by molar-refractivity contribution is 5.68. The van der Waals surface area contributed by atoms with Gasteiger partial charge in [0.15, 0.2) is 0 Å². The fraction of sp³-hybridized carbons (Fsp3) is 0.474. The van der Waals surface area contributed by atoms with Crippen molar-refractivity contribution in [2.75, 3.05) is 13.1 Å². The maximum absolute atomic E-state index is 12.5. The average Bonchev–Trinajstić information content (AvgIpc) is 3.11. The summed E-state index contributed by atoms with van der Waals surface area (Å²) in [6.45, 7) is 6.80. The second-order valence-electron chi connectivity index (χ2n) is 7.49. The number of aromatic nitrogens is 2. The Morgan fingerprint density at radius 2 is 1.88 bits per heavy atom. The third kappa shape index (κ3) is 3.62. The number of likely N-dealkylation sites (tertiary alicyclic amines) is 1. The van der Waals surface area contributed by atoms with E-state index in [-0.39, 0.29) is 17.6 Å². The van der Waals surface area contributed by atoms with Crippen LogP contribution in [0.25, 0.3) is 5.69 Å². The molecule has 0 spiro atoms. The molecule has 6 heteroatoms. The van der Waals surface area contributed by atoms with Crippen LogP contribution in [0.5, 0.6) is 0 Å². The fourth-order valence-corrected chi connectivity index (χ4v) is 3.29. The molecule has 2 aromatic rings. The number of benzene rings is 1. The Labute approximate surface area is 147 Å². The lowest BCUT2D eigenvalue weighted by atomic mass is 10.1. The van der Waals surface area contributed by atoms with E-state index < -0.39 is 5.60 Å². The van der Waals surface area contributed by atoms with Gasteiger partial charge in [-0.3, -0.25) is 9.48 Å². The van der Waals surface area contributed by atoms with Gasteiger partial charge in [0.05, 0.1) is 5.69 Å². The number of amides is 1. The Balaban J connectivity index is 1.81. The van der Waals surface area contributed by atoms with Crippen LogP contribution in [-0.2, 0) is 11.8 Å². The van der Waals surface area contributed by atoms with Crippen LogP contribution < -0.4 is 5.56 Å². The van der Waals surface area contributed by atoms with Crippen molar-refractivity contribution < 1.29 is 9.53 Å². The average molecular weight is 343 g/mol. The normalized spacial score (nSPS) is 17.8. The molecule has 0 aliphatic carbocycles. The molecule has 0 radical (unpaired) electrons. The number of hydrogen-bond acceptors (Lipinski definition) is 3. The number of para-hydroxylation sites is 1. The van der Waals surface area contributed by atoms with Crippen molar-refractivity contribution in [1.82, 2.24) is 14.3 Å². The number of carbonyl (C=O) groups is 1. The highest BCUT2D eigenvalue weighted by Crippen LogP contribution is 2.28. The van der Waals surface area contributed by atoms with E-state index in [1.54, 1.807) is 15.6 Å². The minimum absolute atomic E-state index is 0.0561. The van der Waals surface area contributed by atoms with E-state index in [1.807, 2.05) is 62.8 Å². The molecule has 6 nitrogen and oxygen atoms in total. The van der Waals surface area contributed by atoms with Gasteiger partial charge in [0, 0.05) is 37.8 Å². The van der Waals surface area contributed by atoms with Crippen LogP contribution in [0, 0.1) is 0 Å². The summed E-state index contributed by atoms with van der Waals surface area (Å²) in [4.78, 5) is 26.4. The van der Waals surface area contributed by atoms with Crippen LogP contribution in [0.3, 0.4) is 0 Å². The molecule has 1 aliphatic rings. The topological polar surface area (TPSA) is 56.5 Å². The molecule has 1 fully saturated rings. The maximum atomic E-state index is 12.5. The van der Waals surface area contributed by atoms with Crippen molar-refractivity contribution in [2.45, 2.75) is 38.7 Å². The van der Waals surface area contributed by atoms with Crippen molar-refractivity contribution in [2.24, 2.45) is 7.05 Å². The summed E-state index contributed by atoms with van der Waals surface area (Å²) in [7, 11) is 1.89. The van der Waals surface area contributed by atoms with E-state index in [2.05, 4.69) is 0 Å². The van der Waals surface area contributed by atoms with E-state index in [0.29, 0.717) is 13.1 Å². The number of hydrogen-bond donors (Lipinski definition) is 0. The summed E-state index contributed by atoms with van der Waals surface area (Å²) in [5, 5.41) is 0. The predicted molar refractivity (Wildman–Crippen MR) is 96.2 cm³/mol. The standard InChI is InChI=1S/C19H25N3O3/c1-19(2,3)25-18(24)21-11-10-14(13-21)16-12-17(23)22(20(16)4)15-8-6-5-7-9-15/h5-9,12,14H,10-11,13H2,1-4H3. The number of nitrogens with zero attached hydrogens (tertiary/aromatic N) is 3. The lowest BCUT2D eigenvalue weighted by Crippen LogP contribution is -2.35. The van der Waals surface area contributed by atoms with E-state index in [4.69, 9.17) is 4.74 Å². The van der Waals surface area contributed by atoms with Gasteiger partial charge in [-0.1, -0.05) is 18.2 Å². The molecule has 1 aromatic heterocycles. The summed E-state index contributed by atoms with van der Waals surface area (Å²) < 4.78 is 9.00. The van der Waals surface area contributed by atoms with Gasteiger partial charge in [-0.25, -0.2) is 9.48 Å². The van der Waals surface area contributed by atoms with E-state index in [9.17, 15) is 9.59 Å². The van der Waals surface area contributed by atoms with E-state index >= 15 is 0 Å². The number of ether oxygens (including phenoxy) is 1. The first-order chi connectivity index (χ1) is 11.8. The van der Waals surface area contributed by atoms with Gasteiger partial charge in [0.2, 0.25) is 0 Å². The van der Waals surface area contributed by atoms with Crippen molar-refractivity contribution in [3.63, 3.8) is 0 Å². The largest absolute Gasteiger partial charge is 0.444 e. The minimum atomic E-state index is -0.501. The molecule has 2 heterocycles. The molecule has 0 N–H and O–H groups in total. The van der Waals surface area contributed by atoms with E-state index in [1.165, 1.54) is 0 Å². The smallest absolute Gasteiger partial charge is 0.410 e. The number of rotatable bonds is 2. The zero-order chi connectivity index (χ0) is 18.2. The van der Waals surface area contributed by atoms with Gasteiger partial charge in [0.25, 0.3) is 5.56 Å². The molecule has 3 rings (SSSR count). The van der Waals surface area contributed by atoms with Crippen LogP contribution >= 0.6 is 0 Å². The monoisotopic (exact) mass is 343 g/mol. The highest BCUT2D eigenvalue weighted by Gasteiger charge is 2.32. The SMILES string of the molecule is Cn1c(C2CCN(C(=O)OC(C)(C)C)C2)cc(=O)n1-c1ccccc1. The molecule has 25 heavy (non-hydrogen) atoms. The maximum Gasteiger partial charge on any atom is 0.410 e. The van der Waals surface area contributed by atoms with Crippen LogP contribution in [0.2, 0.25) is 0 Å². The molecule has 0 bridgehead atoms. The van der Waals surface area contributed by atoms with Gasteiger partial charge in [-0.15, -0.1) is 0 Å². The Morgan fingerprint density at radius 1 is 1.20 bits per heavy atom. The van der Waals surface area contributed by atoms with Crippen LogP contribution in [-0.4, -0.2) is 39.0 Å². The summed E-state index contributed by atoms with van der Waals surface area (Å²) in [6.07, 6.45) is 0.535. The second-order valence-corrected chi connectivity index (χ2v) is 7.49. The first-order valence-electron chi connectivity index (χ1n) is 8.58. The molecule has 0 saturated carbocycles. The molecule has 1 aliphatic heterocycles. The van der Waals surface area contributed by atoms with Gasteiger partial charge in [-0.05, 0) is 39.3 Å². The van der Waals surface area contributed by atoms with Crippen LogP contribution in [0.1, 0.15) is 38.8 Å². The lowest BCUT2D eigenvalue weighted by molar-refractivity contribution is 0.0292. The summed E-state index contributed by atoms with van der Waals surface area (Å²) in [5.41, 5.74) is 1.22. The predicted octanol–water partition coefficient (Wildman–Crippen LogP) is 2.90. The highest BCUT2D eigenvalue weighted by atomic mass is 16.6. The van der Waals surface area contributed by atoms with Crippen molar-refractivity contribution in [1.29, 1.82) is 0 Å². The number of carbonyl (C=O) groups excluding carboxylic acids is 1. The Kier molecular flexibility index (Phi) is 4.45. The molecule has 1 aromatic carbocycles. The zero-order valence-electron chi connectivity index (χ0n) is 15.2. The molecule has 1 saturated heterocycles. The fourth-order valence-electron chi connectivity index (χ4n) is 3.29. The summed E-state index contributed by atoms with van der Waals surface area (Å²) in [5.74, 6) is 0.134. The van der Waals surface area contributed by atoms with Crippen molar-refractivity contribution >= 4 is 6.09 Å². The molecular formula is C19H25N3O3. The Morgan fingerprint density at radius 3 is 2.52 bits per heavy atom. The van der Waals surface area contributed by atoms with Gasteiger partial charge in [-0.2, -0.15) is 0 Å². The van der Waals surface area contributed by atoms with Gasteiger partial charge >= 0.3 is 6.09 Å². The first-order valence-corrected chi connectivity index (χ1v) is 8.58. The molecule has 1 amide bonds. The summed E-state index contributed by atoms with van der Waals surface area (Å²) in [6, 6.07) is 11.2. The van der Waals surface area contributed by atoms with Crippen LogP contribution in [0.15, 0.2) is 41.2 Å². The lowest BCUT2D eigenvalue weighted by Gasteiger charge is -2.24. The Hall–Kier alpha value is -2.50. The molecule has 1 atom stereocenters. The second kappa shape index (κ2) is 6.43. The molecular weight excluding hydrogens is 318 g/mol. The Bertz CT molecular complexity index is 815. The summed E-state index contributed by atoms with van der Waals surface area (Å²) >= 11 is 0. The van der Waals surface area contributed by atoms with Gasteiger partial charge in [0.1, 0.15) is 5.60 Å². The van der Waals surface area contributed by atoms with E-state index in [0.717, 1.165) is 17.8 Å². The van der Waals surface area contributed by atoms with Crippen molar-refractivity contribution in [3.8, 4) is 5.69 Å². The quantitative estimate of drug-likeness (QED) is 0.842. The van der Waals surface area contributed by atoms with Gasteiger partial charge < -0.3 is 9.64 Å². The van der Waals surface area contributed by atoms with Crippen molar-refractivity contribution in [3.05, 3.63) is 52.4 Å². The third-order valence-electron chi connectivity index (χ3n) is 4.41. The molecule has 1 unspecified atom stereocenters. The zero-order valence-corrected chi connectivity index (χ0v) is 15.2.